The molecule has 1 aliphatic heterocycles. The average Bonchev–Trinajstić information content (AvgIpc) is 3.06. The molecular weight excluding hydrogens is 270 g/mol. The van der Waals surface area contributed by atoms with Crippen molar-refractivity contribution >= 4 is 11.9 Å². The lowest BCUT2D eigenvalue weighted by Crippen LogP contribution is -2.47. The number of carbonyl (C=O) groups excluding carboxylic acids is 1. The van der Waals surface area contributed by atoms with Gasteiger partial charge in [0.1, 0.15) is 0 Å². The summed E-state index contributed by atoms with van der Waals surface area (Å²) in [4.78, 5) is 25.7. The number of aryl methyl sites for hydroxylation is 1. The van der Waals surface area contributed by atoms with Gasteiger partial charge >= 0.3 is 5.97 Å². The van der Waals surface area contributed by atoms with E-state index in [9.17, 15) is 14.7 Å². The molecule has 2 fully saturated rings. The Morgan fingerprint density at radius 1 is 1.38 bits per heavy atom. The Kier molecular flexibility index (Phi) is 3.26. The molecule has 114 valence electrons. The summed E-state index contributed by atoms with van der Waals surface area (Å²) in [6, 6.07) is 0. The maximum atomic E-state index is 12.5. The van der Waals surface area contributed by atoms with E-state index in [1.54, 1.807) is 15.8 Å². The number of aliphatic carboxylic acids is 1. The molecule has 1 aromatic heterocycles. The van der Waals surface area contributed by atoms with E-state index in [0.717, 1.165) is 18.4 Å². The molecule has 1 N–H and O–H groups in total. The third kappa shape index (κ3) is 2.66. The topological polar surface area (TPSA) is 75.4 Å². The first-order valence-electron chi connectivity index (χ1n) is 7.40. The molecule has 1 aliphatic carbocycles. The molecule has 2 heterocycles. The van der Waals surface area contributed by atoms with Gasteiger partial charge in [-0.25, -0.2) is 0 Å². The number of likely N-dealkylation sites (tertiary alicyclic amines) is 1. The number of carboxylic acid groups (broad SMARTS) is 1. The highest BCUT2D eigenvalue weighted by Crippen LogP contribution is 2.47. The first-order chi connectivity index (χ1) is 9.89. The second-order valence-electron chi connectivity index (χ2n) is 6.69. The van der Waals surface area contributed by atoms with E-state index in [4.69, 9.17) is 0 Å². The highest BCUT2D eigenvalue weighted by molar-refractivity contribution is 5.85. The molecule has 6 heteroatoms. The van der Waals surface area contributed by atoms with Gasteiger partial charge in [0, 0.05) is 37.7 Å². The lowest BCUT2D eigenvalue weighted by Gasteiger charge is -2.37. The maximum Gasteiger partial charge on any atom is 0.308 e. The SMILES string of the molecule is Cn1cc(C2CC(C(=O)O)CN(C(=O)C3(C)CC3)C2)cn1. The Hall–Kier alpha value is -1.85. The van der Waals surface area contributed by atoms with E-state index in [1.807, 2.05) is 20.2 Å². The highest BCUT2D eigenvalue weighted by Gasteiger charge is 2.49. The van der Waals surface area contributed by atoms with Crippen molar-refractivity contribution in [3.05, 3.63) is 18.0 Å². The average molecular weight is 291 g/mol. The van der Waals surface area contributed by atoms with E-state index in [-0.39, 0.29) is 17.2 Å². The zero-order valence-corrected chi connectivity index (χ0v) is 12.5. The molecule has 1 saturated heterocycles. The third-order valence-electron chi connectivity index (χ3n) is 4.80. The molecule has 1 amide bonds. The molecule has 1 saturated carbocycles. The van der Waals surface area contributed by atoms with Crippen LogP contribution in [-0.2, 0) is 16.6 Å². The van der Waals surface area contributed by atoms with E-state index in [2.05, 4.69) is 5.10 Å². The van der Waals surface area contributed by atoms with Gasteiger partial charge in [0.25, 0.3) is 0 Å². The second-order valence-corrected chi connectivity index (χ2v) is 6.69. The van der Waals surface area contributed by atoms with Crippen LogP contribution in [0, 0.1) is 11.3 Å². The highest BCUT2D eigenvalue weighted by atomic mass is 16.4. The van der Waals surface area contributed by atoms with Gasteiger partial charge in [-0.1, -0.05) is 6.92 Å². The molecule has 2 aliphatic rings. The summed E-state index contributed by atoms with van der Waals surface area (Å²) < 4.78 is 1.72. The smallest absolute Gasteiger partial charge is 0.308 e. The Morgan fingerprint density at radius 3 is 2.62 bits per heavy atom. The predicted octanol–water partition coefficient (Wildman–Crippen LogP) is 1.24. The molecule has 0 bridgehead atoms. The van der Waals surface area contributed by atoms with Gasteiger partial charge in [-0.15, -0.1) is 0 Å². The number of aromatic nitrogens is 2. The fourth-order valence-electron chi connectivity index (χ4n) is 3.12. The quantitative estimate of drug-likeness (QED) is 0.909. The van der Waals surface area contributed by atoms with E-state index in [0.29, 0.717) is 19.5 Å². The first-order valence-corrected chi connectivity index (χ1v) is 7.40. The van der Waals surface area contributed by atoms with Gasteiger partial charge in [0.05, 0.1) is 12.1 Å². The molecule has 2 atom stereocenters. The summed E-state index contributed by atoms with van der Waals surface area (Å²) in [6.45, 7) is 2.91. The van der Waals surface area contributed by atoms with Gasteiger partial charge in [-0.3, -0.25) is 14.3 Å². The molecule has 21 heavy (non-hydrogen) atoms. The number of carboxylic acids is 1. The van der Waals surface area contributed by atoms with Crippen molar-refractivity contribution in [3.8, 4) is 0 Å². The minimum atomic E-state index is -0.817. The van der Waals surface area contributed by atoms with Crippen molar-refractivity contribution in [1.82, 2.24) is 14.7 Å². The van der Waals surface area contributed by atoms with E-state index in [1.165, 1.54) is 0 Å². The van der Waals surface area contributed by atoms with Crippen LogP contribution in [0.4, 0.5) is 0 Å². The number of nitrogens with zero attached hydrogens (tertiary/aromatic N) is 3. The molecule has 3 rings (SSSR count). The van der Waals surface area contributed by atoms with Crippen molar-refractivity contribution in [1.29, 1.82) is 0 Å². The number of rotatable bonds is 3. The summed E-state index contributed by atoms with van der Waals surface area (Å²) >= 11 is 0. The summed E-state index contributed by atoms with van der Waals surface area (Å²) in [5.41, 5.74) is 0.766. The van der Waals surface area contributed by atoms with Crippen LogP contribution in [0.3, 0.4) is 0 Å². The van der Waals surface area contributed by atoms with Crippen LogP contribution < -0.4 is 0 Å². The second kappa shape index (κ2) is 4.86. The van der Waals surface area contributed by atoms with Gasteiger partial charge < -0.3 is 10.0 Å². The molecule has 0 aromatic carbocycles. The van der Waals surface area contributed by atoms with Gasteiger partial charge in [-0.05, 0) is 24.8 Å². The Bertz CT molecular complexity index is 576. The Labute approximate surface area is 123 Å². The molecular formula is C15H21N3O3. The predicted molar refractivity (Wildman–Crippen MR) is 75.6 cm³/mol. The standard InChI is InChI=1S/C15H21N3O3/c1-15(3-4-15)14(21)18-8-10(5-11(9-18)13(19)20)12-6-16-17(2)7-12/h6-7,10-11H,3-5,8-9H2,1-2H3,(H,19,20). The van der Waals surface area contributed by atoms with Crippen LogP contribution >= 0.6 is 0 Å². The molecule has 6 nitrogen and oxygen atoms in total. The van der Waals surface area contributed by atoms with Crippen LogP contribution in [0.15, 0.2) is 12.4 Å². The fraction of sp³-hybridized carbons (Fsp3) is 0.667. The Balaban J connectivity index is 1.81. The monoisotopic (exact) mass is 291 g/mol. The summed E-state index contributed by atoms with van der Waals surface area (Å²) in [5.74, 6) is -1.14. The zero-order valence-electron chi connectivity index (χ0n) is 12.5. The van der Waals surface area contributed by atoms with Crippen molar-refractivity contribution in [2.75, 3.05) is 13.1 Å². The fourth-order valence-corrected chi connectivity index (χ4v) is 3.12. The van der Waals surface area contributed by atoms with Crippen LogP contribution in [0.5, 0.6) is 0 Å². The van der Waals surface area contributed by atoms with Crippen LogP contribution in [0.2, 0.25) is 0 Å². The van der Waals surface area contributed by atoms with Crippen molar-refractivity contribution in [3.63, 3.8) is 0 Å². The molecule has 1 aromatic rings. The third-order valence-corrected chi connectivity index (χ3v) is 4.80. The number of hydrogen-bond acceptors (Lipinski definition) is 3. The van der Waals surface area contributed by atoms with Crippen LogP contribution in [-0.4, -0.2) is 44.8 Å². The molecule has 0 spiro atoms. The largest absolute Gasteiger partial charge is 0.481 e. The first kappa shape index (κ1) is 14.1. The van der Waals surface area contributed by atoms with Gasteiger partial charge in [-0.2, -0.15) is 5.10 Å². The number of amides is 1. The van der Waals surface area contributed by atoms with E-state index < -0.39 is 11.9 Å². The summed E-state index contributed by atoms with van der Waals surface area (Å²) in [7, 11) is 1.84. The zero-order chi connectivity index (χ0) is 15.2. The van der Waals surface area contributed by atoms with Gasteiger partial charge in [0.2, 0.25) is 5.91 Å². The molecule has 0 radical (unpaired) electrons. The minimum absolute atomic E-state index is 0.0554. The summed E-state index contributed by atoms with van der Waals surface area (Å²) in [6.07, 6.45) is 6.09. The molecule has 2 unspecified atom stereocenters. The van der Waals surface area contributed by atoms with Crippen molar-refractivity contribution in [2.24, 2.45) is 18.4 Å². The normalized spacial score (nSPS) is 27.4. The maximum absolute atomic E-state index is 12.5. The summed E-state index contributed by atoms with van der Waals surface area (Å²) in [5, 5.41) is 13.5. The lowest BCUT2D eigenvalue weighted by molar-refractivity contribution is -0.147. The lowest BCUT2D eigenvalue weighted by atomic mass is 9.85. The van der Waals surface area contributed by atoms with Crippen molar-refractivity contribution < 1.29 is 14.7 Å². The number of hydrogen-bond donors (Lipinski definition) is 1. The Morgan fingerprint density at radius 2 is 2.10 bits per heavy atom. The van der Waals surface area contributed by atoms with Crippen molar-refractivity contribution in [2.45, 2.75) is 32.1 Å². The minimum Gasteiger partial charge on any atom is -0.481 e. The van der Waals surface area contributed by atoms with Crippen LogP contribution in [0.25, 0.3) is 0 Å². The number of carbonyl (C=O) groups is 2. The van der Waals surface area contributed by atoms with E-state index >= 15 is 0 Å². The van der Waals surface area contributed by atoms with Gasteiger partial charge in [0.15, 0.2) is 0 Å². The number of piperidine rings is 1. The van der Waals surface area contributed by atoms with Crippen LogP contribution in [0.1, 0.15) is 37.7 Å².